The van der Waals surface area contributed by atoms with E-state index in [0.29, 0.717) is 0 Å². The molecule has 13 rings (SSSR count). The van der Waals surface area contributed by atoms with Gasteiger partial charge in [0.15, 0.2) is 0 Å². The molecule has 0 aliphatic heterocycles. The Kier molecular flexibility index (Phi) is 6.29. The van der Waals surface area contributed by atoms with E-state index in [2.05, 4.69) is 172 Å². The van der Waals surface area contributed by atoms with Crippen molar-refractivity contribution in [1.82, 2.24) is 38.2 Å². The van der Waals surface area contributed by atoms with Crippen LogP contribution >= 0.6 is 0 Å². The second-order valence-corrected chi connectivity index (χ2v) is 14.8. The van der Waals surface area contributed by atoms with Crippen LogP contribution in [0.5, 0.6) is 0 Å². The zero-order valence-corrected chi connectivity index (χ0v) is 30.9. The lowest BCUT2D eigenvalue weighted by Gasteiger charge is -2.23. The van der Waals surface area contributed by atoms with Gasteiger partial charge in [-0.15, -0.1) is 0 Å². The third kappa shape index (κ3) is 4.12. The molecule has 0 amide bonds. The van der Waals surface area contributed by atoms with Crippen LogP contribution in [0.3, 0.4) is 0 Å². The van der Waals surface area contributed by atoms with Gasteiger partial charge in [-0.1, -0.05) is 72.8 Å². The Balaban J connectivity index is 1.31. The first-order chi connectivity index (χ1) is 28.8. The van der Waals surface area contributed by atoms with Crippen LogP contribution in [-0.4, -0.2) is 38.2 Å². The molecular formula is C50H30N8. The molecule has 0 N–H and O–H groups in total. The normalized spacial score (nSPS) is 12.1. The lowest BCUT2D eigenvalue weighted by molar-refractivity contribution is 1.04. The van der Waals surface area contributed by atoms with Gasteiger partial charge in [0.05, 0.1) is 66.9 Å². The topological polar surface area (TPSA) is 71.3 Å². The number of rotatable bonds is 4. The summed E-state index contributed by atoms with van der Waals surface area (Å²) >= 11 is 0. The standard InChI is InChI=1S/C50H30N8/c1-5-13-39-31(9-1)32-10-2-6-14-40(32)55(39)47-25-50(58-45-19-23-53-29-37(45)38-30-54-24-20-46(38)58)48(56-41-15-7-3-11-33(41)34-12-4-8-16-42(34)56)26-49(47)57-43-17-21-51-27-35(43)36-28-52-22-18-44(36)57/h1-30H. The third-order valence-electron chi connectivity index (χ3n) is 11.9. The maximum atomic E-state index is 4.59. The Hall–Kier alpha value is -8.10. The van der Waals surface area contributed by atoms with Crippen LogP contribution in [0.15, 0.2) is 183 Å². The van der Waals surface area contributed by atoms with Crippen LogP contribution < -0.4 is 0 Å². The van der Waals surface area contributed by atoms with Crippen molar-refractivity contribution in [2.24, 2.45) is 0 Å². The number of benzene rings is 5. The van der Waals surface area contributed by atoms with Crippen molar-refractivity contribution in [2.75, 3.05) is 0 Å². The molecule has 8 nitrogen and oxygen atoms in total. The summed E-state index contributed by atoms with van der Waals surface area (Å²) in [6, 6.07) is 48.2. The highest BCUT2D eigenvalue weighted by molar-refractivity contribution is 6.14. The maximum absolute atomic E-state index is 4.59. The van der Waals surface area contributed by atoms with Crippen LogP contribution in [0.2, 0.25) is 0 Å². The Morgan fingerprint density at radius 1 is 0.241 bits per heavy atom. The van der Waals surface area contributed by atoms with E-state index in [9.17, 15) is 0 Å². The van der Waals surface area contributed by atoms with E-state index in [1.54, 1.807) is 0 Å². The van der Waals surface area contributed by atoms with Crippen molar-refractivity contribution in [3.8, 4) is 22.7 Å². The van der Waals surface area contributed by atoms with Crippen molar-refractivity contribution >= 4 is 87.2 Å². The molecule has 0 fully saturated rings. The number of pyridine rings is 4. The lowest BCUT2D eigenvalue weighted by atomic mass is 10.1. The minimum atomic E-state index is 1.02. The average molecular weight is 743 g/mol. The molecule has 5 aromatic carbocycles. The Labute approximate surface area is 330 Å². The van der Waals surface area contributed by atoms with Crippen LogP contribution in [0.25, 0.3) is 110 Å². The molecular weight excluding hydrogens is 713 g/mol. The molecule has 8 heteroatoms. The number of hydrogen-bond acceptors (Lipinski definition) is 4. The minimum Gasteiger partial charge on any atom is -0.307 e. The largest absolute Gasteiger partial charge is 0.307 e. The zero-order chi connectivity index (χ0) is 37.9. The van der Waals surface area contributed by atoms with E-state index in [4.69, 9.17) is 0 Å². The number of hydrogen-bond donors (Lipinski definition) is 0. The molecule has 0 spiro atoms. The molecule has 270 valence electrons. The Bertz CT molecular complexity index is 3110. The van der Waals surface area contributed by atoms with E-state index in [-0.39, 0.29) is 0 Å². The zero-order valence-electron chi connectivity index (χ0n) is 30.9. The summed E-state index contributed by atoms with van der Waals surface area (Å²) in [5.41, 5.74) is 12.8. The summed E-state index contributed by atoms with van der Waals surface area (Å²) in [6.07, 6.45) is 15.4. The van der Waals surface area contributed by atoms with Crippen molar-refractivity contribution in [2.45, 2.75) is 0 Å². The molecule has 8 heterocycles. The summed E-state index contributed by atoms with van der Waals surface area (Å²) < 4.78 is 9.67. The summed E-state index contributed by atoms with van der Waals surface area (Å²) in [6.45, 7) is 0. The lowest BCUT2D eigenvalue weighted by Crippen LogP contribution is -2.10. The van der Waals surface area contributed by atoms with Gasteiger partial charge in [0.25, 0.3) is 0 Å². The highest BCUT2D eigenvalue weighted by atomic mass is 15.1. The van der Waals surface area contributed by atoms with Gasteiger partial charge in [0.2, 0.25) is 0 Å². The van der Waals surface area contributed by atoms with E-state index in [1.807, 2.05) is 49.6 Å². The summed E-state index contributed by atoms with van der Waals surface area (Å²) in [5.74, 6) is 0. The molecule has 0 aliphatic carbocycles. The maximum Gasteiger partial charge on any atom is 0.0725 e. The Morgan fingerprint density at radius 2 is 0.466 bits per heavy atom. The smallest absolute Gasteiger partial charge is 0.0725 e. The predicted octanol–water partition coefficient (Wildman–Crippen LogP) is 11.7. The number of nitrogens with zero attached hydrogens (tertiary/aromatic N) is 8. The molecule has 0 saturated carbocycles. The number of aromatic nitrogens is 8. The van der Waals surface area contributed by atoms with Crippen molar-refractivity contribution < 1.29 is 0 Å². The molecule has 0 unspecified atom stereocenters. The molecule has 0 aliphatic rings. The second kappa shape index (κ2) is 11.7. The number of fused-ring (bicyclic) bond motifs is 12. The van der Waals surface area contributed by atoms with E-state index in [0.717, 1.165) is 88.4 Å². The van der Waals surface area contributed by atoms with Gasteiger partial charge in [-0.2, -0.15) is 0 Å². The van der Waals surface area contributed by atoms with Gasteiger partial charge in [-0.05, 0) is 60.7 Å². The van der Waals surface area contributed by atoms with E-state index >= 15 is 0 Å². The predicted molar refractivity (Wildman–Crippen MR) is 235 cm³/mol. The first-order valence-electron chi connectivity index (χ1n) is 19.4. The van der Waals surface area contributed by atoms with Crippen molar-refractivity contribution in [3.63, 3.8) is 0 Å². The van der Waals surface area contributed by atoms with Gasteiger partial charge in [0.1, 0.15) is 0 Å². The first-order valence-corrected chi connectivity index (χ1v) is 19.4. The molecule has 0 saturated heterocycles. The molecule has 13 aromatic rings. The monoisotopic (exact) mass is 742 g/mol. The fourth-order valence-corrected chi connectivity index (χ4v) is 9.57. The molecule has 0 bridgehead atoms. The van der Waals surface area contributed by atoms with Gasteiger partial charge in [0, 0.05) is 92.7 Å². The number of para-hydroxylation sites is 4. The first kappa shape index (κ1) is 31.1. The van der Waals surface area contributed by atoms with Crippen molar-refractivity contribution in [1.29, 1.82) is 0 Å². The summed E-state index contributed by atoms with van der Waals surface area (Å²) in [5, 5.41) is 8.96. The SMILES string of the molecule is c1ccc2c(c1)c1ccccc1n2-c1cc(-n2c3ccncc3c3cnccc32)c(-n2c3ccccc3c3ccccc32)cc1-n1c2ccncc2c2cnccc21. The third-order valence-corrected chi connectivity index (χ3v) is 11.9. The fourth-order valence-electron chi connectivity index (χ4n) is 9.57. The van der Waals surface area contributed by atoms with Gasteiger partial charge >= 0.3 is 0 Å². The second-order valence-electron chi connectivity index (χ2n) is 14.8. The van der Waals surface area contributed by atoms with E-state index in [1.165, 1.54) is 21.5 Å². The van der Waals surface area contributed by atoms with E-state index < -0.39 is 0 Å². The molecule has 8 aromatic heterocycles. The quantitative estimate of drug-likeness (QED) is 0.180. The van der Waals surface area contributed by atoms with Crippen LogP contribution in [0.1, 0.15) is 0 Å². The Morgan fingerprint density at radius 3 is 0.724 bits per heavy atom. The highest BCUT2D eigenvalue weighted by Crippen LogP contribution is 2.44. The molecule has 0 atom stereocenters. The summed E-state index contributed by atoms with van der Waals surface area (Å²) in [7, 11) is 0. The summed E-state index contributed by atoms with van der Waals surface area (Å²) in [4.78, 5) is 18.4. The minimum absolute atomic E-state index is 1.02. The van der Waals surface area contributed by atoms with Gasteiger partial charge in [-0.3, -0.25) is 19.9 Å². The van der Waals surface area contributed by atoms with Gasteiger partial charge < -0.3 is 18.3 Å². The van der Waals surface area contributed by atoms with Crippen LogP contribution in [0.4, 0.5) is 0 Å². The fraction of sp³-hybridized carbons (Fsp3) is 0. The molecule has 0 radical (unpaired) electrons. The van der Waals surface area contributed by atoms with Crippen LogP contribution in [-0.2, 0) is 0 Å². The molecule has 58 heavy (non-hydrogen) atoms. The highest BCUT2D eigenvalue weighted by Gasteiger charge is 2.26. The van der Waals surface area contributed by atoms with Crippen molar-refractivity contribution in [3.05, 3.63) is 183 Å². The van der Waals surface area contributed by atoms with Gasteiger partial charge in [-0.25, -0.2) is 0 Å². The van der Waals surface area contributed by atoms with Crippen LogP contribution in [0, 0.1) is 0 Å². The average Bonchev–Trinajstić information content (AvgIpc) is 4.01.